The third-order valence-electron chi connectivity index (χ3n) is 4.31. The smallest absolute Gasteiger partial charge is 0.305 e. The van der Waals surface area contributed by atoms with Gasteiger partial charge in [-0.15, -0.1) is 0 Å². The fraction of sp³-hybridized carbons (Fsp3) is 0.556. The van der Waals surface area contributed by atoms with Crippen LogP contribution in [0.25, 0.3) is 0 Å². The number of hydrogen-bond donors (Lipinski definition) is 2. The van der Waals surface area contributed by atoms with Crippen LogP contribution in [0.15, 0.2) is 30.3 Å². The van der Waals surface area contributed by atoms with Gasteiger partial charge < -0.3 is 15.4 Å². The van der Waals surface area contributed by atoms with Crippen molar-refractivity contribution in [3.8, 4) is 0 Å². The van der Waals surface area contributed by atoms with E-state index >= 15 is 0 Å². The molecule has 1 heterocycles. The molecule has 0 aromatic heterocycles. The zero-order valence-electron chi connectivity index (χ0n) is 13.7. The van der Waals surface area contributed by atoms with Crippen LogP contribution in [0.1, 0.15) is 31.2 Å². The van der Waals surface area contributed by atoms with Crippen molar-refractivity contribution >= 4 is 11.9 Å². The number of piperidine rings is 1. The van der Waals surface area contributed by atoms with Gasteiger partial charge in [0.2, 0.25) is 5.91 Å². The molecule has 1 saturated heterocycles. The molecule has 1 aliphatic rings. The maximum atomic E-state index is 12.5. The fourth-order valence-corrected chi connectivity index (χ4v) is 2.92. The Morgan fingerprint density at radius 1 is 1.26 bits per heavy atom. The number of carbonyl (C=O) groups excluding carboxylic acids is 2. The summed E-state index contributed by atoms with van der Waals surface area (Å²) in [5.74, 6) is -0.0517. The van der Waals surface area contributed by atoms with E-state index < -0.39 is 0 Å². The highest BCUT2D eigenvalue weighted by Crippen LogP contribution is 2.14. The summed E-state index contributed by atoms with van der Waals surface area (Å²) in [6.45, 7) is 1.78. The second-order valence-corrected chi connectivity index (χ2v) is 6.03. The lowest BCUT2D eigenvalue weighted by Crippen LogP contribution is -2.43. The molecule has 1 fully saturated rings. The first-order valence-electron chi connectivity index (χ1n) is 8.31. The summed E-state index contributed by atoms with van der Waals surface area (Å²) < 4.78 is 4.71. The van der Waals surface area contributed by atoms with E-state index in [1.165, 1.54) is 7.11 Å². The normalized spacial score (nSPS) is 16.6. The van der Waals surface area contributed by atoms with E-state index in [9.17, 15) is 9.59 Å². The SMILES string of the molecule is COC(=O)CCC(Cc1ccccc1)NC(=O)C1CCNCC1. The first-order chi connectivity index (χ1) is 11.2. The highest BCUT2D eigenvalue weighted by Gasteiger charge is 2.23. The fourth-order valence-electron chi connectivity index (χ4n) is 2.92. The number of ether oxygens (including phenoxy) is 1. The Labute approximate surface area is 137 Å². The average Bonchev–Trinajstić information content (AvgIpc) is 2.61. The lowest BCUT2D eigenvalue weighted by Gasteiger charge is -2.25. The first-order valence-corrected chi connectivity index (χ1v) is 8.31. The van der Waals surface area contributed by atoms with Crippen LogP contribution in [0, 0.1) is 5.92 Å². The molecule has 0 saturated carbocycles. The maximum absolute atomic E-state index is 12.5. The molecule has 1 unspecified atom stereocenters. The van der Waals surface area contributed by atoms with Gasteiger partial charge in [-0.05, 0) is 44.3 Å². The van der Waals surface area contributed by atoms with E-state index in [4.69, 9.17) is 4.74 Å². The van der Waals surface area contributed by atoms with Crippen LogP contribution in [-0.4, -0.2) is 38.1 Å². The molecule has 2 rings (SSSR count). The molecule has 5 heteroatoms. The summed E-state index contributed by atoms with van der Waals surface area (Å²) in [6, 6.07) is 9.99. The third kappa shape index (κ3) is 6.02. The van der Waals surface area contributed by atoms with Gasteiger partial charge in [0, 0.05) is 18.4 Å². The molecule has 1 atom stereocenters. The average molecular weight is 318 g/mol. The summed E-state index contributed by atoms with van der Waals surface area (Å²) in [6.07, 6.45) is 3.40. The molecule has 1 aromatic carbocycles. The standard InChI is InChI=1S/C18H26N2O3/c1-23-17(21)8-7-16(13-14-5-3-2-4-6-14)20-18(22)15-9-11-19-12-10-15/h2-6,15-16,19H,7-13H2,1H3,(H,20,22). The van der Waals surface area contributed by atoms with Crippen molar-refractivity contribution in [1.29, 1.82) is 0 Å². The molecule has 23 heavy (non-hydrogen) atoms. The van der Waals surface area contributed by atoms with E-state index in [-0.39, 0.29) is 23.8 Å². The maximum Gasteiger partial charge on any atom is 0.305 e. The van der Waals surface area contributed by atoms with Crippen molar-refractivity contribution in [2.75, 3.05) is 20.2 Å². The zero-order valence-corrected chi connectivity index (χ0v) is 13.7. The summed E-state index contributed by atoms with van der Waals surface area (Å²) >= 11 is 0. The van der Waals surface area contributed by atoms with Gasteiger partial charge in [0.1, 0.15) is 0 Å². The Morgan fingerprint density at radius 2 is 1.96 bits per heavy atom. The van der Waals surface area contributed by atoms with Crippen molar-refractivity contribution in [2.24, 2.45) is 5.92 Å². The predicted molar refractivity (Wildman–Crippen MR) is 88.9 cm³/mol. The van der Waals surface area contributed by atoms with Gasteiger partial charge in [-0.3, -0.25) is 9.59 Å². The molecular weight excluding hydrogens is 292 g/mol. The summed E-state index contributed by atoms with van der Waals surface area (Å²) in [5.41, 5.74) is 1.16. The number of carbonyl (C=O) groups is 2. The van der Waals surface area contributed by atoms with Crippen LogP contribution in [0.2, 0.25) is 0 Å². The first kappa shape index (κ1) is 17.5. The van der Waals surface area contributed by atoms with Gasteiger partial charge in [0.05, 0.1) is 7.11 Å². The molecule has 2 N–H and O–H groups in total. The second kappa shape index (κ2) is 9.30. The van der Waals surface area contributed by atoms with Crippen LogP contribution in [0.5, 0.6) is 0 Å². The lowest BCUT2D eigenvalue weighted by atomic mass is 9.95. The van der Waals surface area contributed by atoms with Crippen LogP contribution in [0.4, 0.5) is 0 Å². The molecule has 1 amide bonds. The van der Waals surface area contributed by atoms with Crippen molar-refractivity contribution in [1.82, 2.24) is 10.6 Å². The minimum Gasteiger partial charge on any atom is -0.469 e. The van der Waals surface area contributed by atoms with Crippen LogP contribution in [-0.2, 0) is 20.7 Å². The molecule has 0 spiro atoms. The summed E-state index contributed by atoms with van der Waals surface area (Å²) in [5, 5.41) is 6.41. The third-order valence-corrected chi connectivity index (χ3v) is 4.31. The highest BCUT2D eigenvalue weighted by molar-refractivity contribution is 5.79. The van der Waals surface area contributed by atoms with Crippen LogP contribution in [0.3, 0.4) is 0 Å². The Morgan fingerprint density at radius 3 is 2.61 bits per heavy atom. The number of hydrogen-bond acceptors (Lipinski definition) is 4. The largest absolute Gasteiger partial charge is 0.469 e. The number of nitrogens with one attached hydrogen (secondary N) is 2. The molecular formula is C18H26N2O3. The second-order valence-electron chi connectivity index (χ2n) is 6.03. The van der Waals surface area contributed by atoms with E-state index in [2.05, 4.69) is 10.6 Å². The minimum absolute atomic E-state index is 0.0427. The Bertz CT molecular complexity index is 498. The minimum atomic E-state index is -0.237. The monoisotopic (exact) mass is 318 g/mol. The molecule has 1 aliphatic heterocycles. The van der Waals surface area contributed by atoms with Gasteiger partial charge in [0.25, 0.3) is 0 Å². The van der Waals surface area contributed by atoms with Crippen molar-refractivity contribution in [3.63, 3.8) is 0 Å². The number of esters is 1. The topological polar surface area (TPSA) is 67.4 Å². The van der Waals surface area contributed by atoms with Gasteiger partial charge >= 0.3 is 5.97 Å². The Kier molecular flexibility index (Phi) is 7.07. The van der Waals surface area contributed by atoms with E-state index in [1.807, 2.05) is 30.3 Å². The van der Waals surface area contributed by atoms with Gasteiger partial charge in [-0.25, -0.2) is 0 Å². The van der Waals surface area contributed by atoms with Crippen molar-refractivity contribution in [3.05, 3.63) is 35.9 Å². The molecule has 0 bridgehead atoms. The summed E-state index contributed by atoms with van der Waals surface area (Å²) in [7, 11) is 1.39. The number of amides is 1. The van der Waals surface area contributed by atoms with Gasteiger partial charge in [-0.2, -0.15) is 0 Å². The number of rotatable bonds is 7. The highest BCUT2D eigenvalue weighted by atomic mass is 16.5. The Hall–Kier alpha value is -1.88. The molecule has 0 aliphatic carbocycles. The van der Waals surface area contributed by atoms with Crippen LogP contribution >= 0.6 is 0 Å². The predicted octanol–water partition coefficient (Wildman–Crippen LogP) is 1.67. The molecule has 5 nitrogen and oxygen atoms in total. The van der Waals surface area contributed by atoms with Crippen LogP contribution < -0.4 is 10.6 Å². The van der Waals surface area contributed by atoms with E-state index in [0.717, 1.165) is 37.9 Å². The van der Waals surface area contributed by atoms with E-state index in [1.54, 1.807) is 0 Å². The van der Waals surface area contributed by atoms with Crippen molar-refractivity contribution < 1.29 is 14.3 Å². The summed E-state index contributed by atoms with van der Waals surface area (Å²) in [4.78, 5) is 23.9. The van der Waals surface area contributed by atoms with E-state index in [0.29, 0.717) is 12.8 Å². The number of benzene rings is 1. The molecule has 0 radical (unpaired) electrons. The quantitative estimate of drug-likeness (QED) is 0.751. The zero-order chi connectivity index (χ0) is 16.5. The lowest BCUT2D eigenvalue weighted by molar-refractivity contribution is -0.141. The molecule has 1 aromatic rings. The van der Waals surface area contributed by atoms with Gasteiger partial charge in [-0.1, -0.05) is 30.3 Å². The van der Waals surface area contributed by atoms with Gasteiger partial charge in [0.15, 0.2) is 0 Å². The Balaban J connectivity index is 1.94. The number of methoxy groups -OCH3 is 1. The van der Waals surface area contributed by atoms with Crippen molar-refractivity contribution in [2.45, 2.75) is 38.1 Å². The molecule has 126 valence electrons.